The van der Waals surface area contributed by atoms with Crippen LogP contribution in [0.15, 0.2) is 54.9 Å². The van der Waals surface area contributed by atoms with Crippen molar-refractivity contribution in [2.75, 3.05) is 26.3 Å². The molecular formula is C22H22FN3O5. The van der Waals surface area contributed by atoms with E-state index in [9.17, 15) is 19.1 Å². The van der Waals surface area contributed by atoms with Crippen molar-refractivity contribution in [3.8, 4) is 11.3 Å². The first-order valence-corrected chi connectivity index (χ1v) is 9.82. The fourth-order valence-corrected chi connectivity index (χ4v) is 3.82. The number of rotatable bonds is 6. The molecule has 1 aromatic carbocycles. The van der Waals surface area contributed by atoms with Gasteiger partial charge >= 0.3 is 5.97 Å². The molecule has 2 aliphatic rings. The molecule has 2 fully saturated rings. The van der Waals surface area contributed by atoms with Gasteiger partial charge in [-0.15, -0.1) is 0 Å². The van der Waals surface area contributed by atoms with E-state index in [4.69, 9.17) is 9.47 Å². The molecule has 162 valence electrons. The molecule has 4 rings (SSSR count). The summed E-state index contributed by atoms with van der Waals surface area (Å²) < 4.78 is 24.3. The van der Waals surface area contributed by atoms with Crippen molar-refractivity contribution in [2.24, 2.45) is 0 Å². The van der Waals surface area contributed by atoms with E-state index in [2.05, 4.69) is 16.9 Å². The van der Waals surface area contributed by atoms with Crippen molar-refractivity contribution in [2.45, 2.75) is 18.2 Å². The molecule has 2 N–H and O–H groups in total. The number of likely N-dealkylation sites (tertiary alicyclic amines) is 1. The van der Waals surface area contributed by atoms with Crippen LogP contribution in [0.1, 0.15) is 16.8 Å². The molecule has 0 saturated carbocycles. The Kier molecular flexibility index (Phi) is 5.71. The van der Waals surface area contributed by atoms with Gasteiger partial charge in [0.05, 0.1) is 38.2 Å². The van der Waals surface area contributed by atoms with Gasteiger partial charge in [0.15, 0.2) is 5.79 Å². The van der Waals surface area contributed by atoms with E-state index >= 15 is 0 Å². The molecular weight excluding hydrogens is 405 g/mol. The Morgan fingerprint density at radius 1 is 1.23 bits per heavy atom. The molecule has 9 heteroatoms. The highest BCUT2D eigenvalue weighted by Gasteiger charge is 2.51. The second kappa shape index (κ2) is 8.44. The number of benzene rings is 1. The van der Waals surface area contributed by atoms with Gasteiger partial charge < -0.3 is 24.8 Å². The third-order valence-electron chi connectivity index (χ3n) is 5.42. The number of hydrogen-bond acceptors (Lipinski definition) is 6. The molecule has 1 unspecified atom stereocenters. The molecule has 1 aromatic heterocycles. The van der Waals surface area contributed by atoms with E-state index in [1.54, 1.807) is 35.2 Å². The van der Waals surface area contributed by atoms with Crippen LogP contribution >= 0.6 is 0 Å². The Labute approximate surface area is 178 Å². The van der Waals surface area contributed by atoms with Gasteiger partial charge in [-0.05, 0) is 24.3 Å². The summed E-state index contributed by atoms with van der Waals surface area (Å²) in [5, 5.41) is 12.3. The van der Waals surface area contributed by atoms with Gasteiger partial charge in [-0.25, -0.2) is 9.18 Å². The minimum atomic E-state index is -0.992. The smallest absolute Gasteiger partial charge is 0.326 e. The van der Waals surface area contributed by atoms with Crippen LogP contribution in [0.3, 0.4) is 0 Å². The molecule has 2 saturated heterocycles. The van der Waals surface area contributed by atoms with Crippen LogP contribution in [0, 0.1) is 5.82 Å². The Morgan fingerprint density at radius 2 is 1.94 bits per heavy atom. The fourth-order valence-electron chi connectivity index (χ4n) is 3.82. The lowest BCUT2D eigenvalue weighted by Crippen LogP contribution is -2.40. The molecule has 0 aliphatic carbocycles. The molecule has 2 aliphatic heterocycles. The predicted octanol–water partition coefficient (Wildman–Crippen LogP) is 2.03. The number of aliphatic carboxylic acids is 1. The molecule has 1 atom stereocenters. The third kappa shape index (κ3) is 4.42. The SMILES string of the molecule is C=C(CNC(=O)c1ccc(-c2ccc(F)cn2)cc1)N1CC2(CC1C(=O)O)OCCO2. The average Bonchev–Trinajstić information content (AvgIpc) is 3.40. The van der Waals surface area contributed by atoms with Crippen molar-refractivity contribution in [1.82, 2.24) is 15.2 Å². The lowest BCUT2D eigenvalue weighted by Gasteiger charge is -2.26. The summed E-state index contributed by atoms with van der Waals surface area (Å²) in [4.78, 5) is 29.8. The molecule has 1 amide bonds. The first-order valence-electron chi connectivity index (χ1n) is 9.82. The Bertz CT molecular complexity index is 987. The zero-order chi connectivity index (χ0) is 22.0. The number of amides is 1. The number of halogens is 1. The second-order valence-corrected chi connectivity index (χ2v) is 7.48. The average molecular weight is 427 g/mol. The van der Waals surface area contributed by atoms with Crippen LogP contribution in [0.25, 0.3) is 11.3 Å². The summed E-state index contributed by atoms with van der Waals surface area (Å²) in [5.74, 6) is -2.66. The first-order chi connectivity index (χ1) is 14.9. The number of carbonyl (C=O) groups is 2. The van der Waals surface area contributed by atoms with E-state index in [-0.39, 0.29) is 25.4 Å². The number of nitrogens with zero attached hydrogens (tertiary/aromatic N) is 2. The quantitative estimate of drug-likeness (QED) is 0.728. The van der Waals surface area contributed by atoms with Crippen LogP contribution in [-0.2, 0) is 14.3 Å². The summed E-state index contributed by atoms with van der Waals surface area (Å²) in [7, 11) is 0. The van der Waals surface area contributed by atoms with E-state index in [1.165, 1.54) is 6.07 Å². The molecule has 3 heterocycles. The number of nitrogens with one attached hydrogen (secondary N) is 1. The number of pyridine rings is 1. The molecule has 0 radical (unpaired) electrons. The standard InChI is InChI=1S/C22H22FN3O5/c1-14(26-13-22(30-8-9-31-22)10-19(26)21(28)29)11-25-20(27)16-4-2-15(3-5-16)18-7-6-17(23)12-24-18/h2-7,12,19H,1,8-11,13H2,(H,25,27)(H,28,29). The maximum absolute atomic E-state index is 13.0. The van der Waals surface area contributed by atoms with Crippen LogP contribution in [0.4, 0.5) is 4.39 Å². The minimum absolute atomic E-state index is 0.0833. The number of carbonyl (C=O) groups excluding carboxylic acids is 1. The number of aromatic nitrogens is 1. The molecule has 0 bridgehead atoms. The van der Waals surface area contributed by atoms with Gasteiger partial charge in [0.2, 0.25) is 0 Å². The Balaban J connectivity index is 1.37. The van der Waals surface area contributed by atoms with Gasteiger partial charge in [-0.3, -0.25) is 9.78 Å². The van der Waals surface area contributed by atoms with Crippen LogP contribution < -0.4 is 5.32 Å². The van der Waals surface area contributed by atoms with E-state index in [1.807, 2.05) is 0 Å². The number of hydrogen-bond donors (Lipinski definition) is 2. The summed E-state index contributed by atoms with van der Waals surface area (Å²) in [6.45, 7) is 5.13. The van der Waals surface area contributed by atoms with Crippen molar-refractivity contribution < 1.29 is 28.6 Å². The Morgan fingerprint density at radius 3 is 2.55 bits per heavy atom. The lowest BCUT2D eigenvalue weighted by atomic mass is 10.1. The molecule has 8 nitrogen and oxygen atoms in total. The van der Waals surface area contributed by atoms with Crippen molar-refractivity contribution in [3.05, 3.63) is 66.3 Å². The highest BCUT2D eigenvalue weighted by atomic mass is 19.1. The van der Waals surface area contributed by atoms with Gasteiger partial charge in [0.1, 0.15) is 11.9 Å². The Hall–Kier alpha value is -3.30. The van der Waals surface area contributed by atoms with E-state index in [0.29, 0.717) is 30.2 Å². The fraction of sp³-hybridized carbons (Fsp3) is 0.318. The van der Waals surface area contributed by atoms with Crippen molar-refractivity contribution in [3.63, 3.8) is 0 Å². The van der Waals surface area contributed by atoms with E-state index < -0.39 is 23.6 Å². The summed E-state index contributed by atoms with van der Waals surface area (Å²) in [6, 6.07) is 8.79. The minimum Gasteiger partial charge on any atom is -0.480 e. The highest BCUT2D eigenvalue weighted by molar-refractivity contribution is 5.94. The largest absolute Gasteiger partial charge is 0.480 e. The van der Waals surface area contributed by atoms with Gasteiger partial charge in [-0.2, -0.15) is 0 Å². The van der Waals surface area contributed by atoms with Gasteiger partial charge in [0, 0.05) is 23.2 Å². The third-order valence-corrected chi connectivity index (χ3v) is 5.42. The molecule has 2 aromatic rings. The normalized spacial score (nSPS) is 19.5. The summed E-state index contributed by atoms with van der Waals surface area (Å²) in [6.07, 6.45) is 1.34. The second-order valence-electron chi connectivity index (χ2n) is 7.48. The van der Waals surface area contributed by atoms with Crippen LogP contribution in [-0.4, -0.2) is 65.0 Å². The first kappa shape index (κ1) is 21.0. The number of carboxylic acid groups (broad SMARTS) is 1. The zero-order valence-corrected chi connectivity index (χ0v) is 16.7. The monoisotopic (exact) mass is 427 g/mol. The van der Waals surface area contributed by atoms with Crippen LogP contribution in [0.5, 0.6) is 0 Å². The van der Waals surface area contributed by atoms with Crippen molar-refractivity contribution in [1.29, 1.82) is 0 Å². The molecule has 1 spiro atoms. The summed E-state index contributed by atoms with van der Waals surface area (Å²) in [5.41, 5.74) is 2.24. The zero-order valence-electron chi connectivity index (χ0n) is 16.7. The van der Waals surface area contributed by atoms with Crippen LogP contribution in [0.2, 0.25) is 0 Å². The summed E-state index contributed by atoms with van der Waals surface area (Å²) >= 11 is 0. The van der Waals surface area contributed by atoms with Crippen molar-refractivity contribution >= 4 is 11.9 Å². The number of carboxylic acids is 1. The number of ether oxygens (including phenoxy) is 2. The lowest BCUT2D eigenvalue weighted by molar-refractivity contribution is -0.150. The maximum atomic E-state index is 13.0. The van der Waals surface area contributed by atoms with E-state index in [0.717, 1.165) is 11.8 Å². The van der Waals surface area contributed by atoms with Gasteiger partial charge in [-0.1, -0.05) is 18.7 Å². The topological polar surface area (TPSA) is 101 Å². The maximum Gasteiger partial charge on any atom is 0.326 e. The molecule has 31 heavy (non-hydrogen) atoms. The predicted molar refractivity (Wildman–Crippen MR) is 108 cm³/mol. The highest BCUT2D eigenvalue weighted by Crippen LogP contribution is 2.36. The van der Waals surface area contributed by atoms with Gasteiger partial charge in [0.25, 0.3) is 5.91 Å².